The van der Waals surface area contributed by atoms with Crippen LogP contribution < -0.4 is 5.32 Å². The molecule has 38 heavy (non-hydrogen) atoms. The van der Waals surface area contributed by atoms with E-state index in [-0.39, 0.29) is 0 Å². The molecule has 0 aromatic rings. The van der Waals surface area contributed by atoms with Crippen molar-refractivity contribution in [2.45, 2.75) is 96.0 Å². The maximum Gasteiger partial charge on any atom is 0.303 e. The third-order valence-corrected chi connectivity index (χ3v) is 5.48. The van der Waals surface area contributed by atoms with Gasteiger partial charge < -0.3 is 53.8 Å². The van der Waals surface area contributed by atoms with Crippen LogP contribution in [0.3, 0.4) is 0 Å². The molecular weight excluding hydrogens is 518 g/mol. The zero-order valence-corrected chi connectivity index (χ0v) is 21.4. The van der Waals surface area contributed by atoms with Crippen molar-refractivity contribution in [1.29, 1.82) is 0 Å². The van der Waals surface area contributed by atoms with Gasteiger partial charge in [-0.3, -0.25) is 24.0 Å². The van der Waals surface area contributed by atoms with Gasteiger partial charge >= 0.3 is 23.9 Å². The van der Waals surface area contributed by atoms with Crippen LogP contribution in [0.2, 0.25) is 0 Å². The van der Waals surface area contributed by atoms with Gasteiger partial charge in [-0.05, 0) is 0 Å². The third-order valence-electron chi connectivity index (χ3n) is 5.48. The summed E-state index contributed by atoms with van der Waals surface area (Å²) >= 11 is 0. The molecule has 2 rings (SSSR count). The molecule has 0 radical (unpaired) electrons. The lowest BCUT2D eigenvalue weighted by atomic mass is 9.95. The Labute approximate surface area is 217 Å². The predicted octanol–water partition coefficient (Wildman–Crippen LogP) is -2.97. The molecule has 2 heterocycles. The van der Waals surface area contributed by atoms with Gasteiger partial charge in [0.2, 0.25) is 5.91 Å². The van der Waals surface area contributed by atoms with Gasteiger partial charge in [0.1, 0.15) is 37.1 Å². The highest BCUT2D eigenvalue weighted by molar-refractivity contribution is 5.73. The molecule has 16 nitrogen and oxygen atoms in total. The number of nitrogens with one attached hydrogen (secondary N) is 1. The first-order valence-electron chi connectivity index (χ1n) is 11.6. The van der Waals surface area contributed by atoms with Crippen molar-refractivity contribution in [3.8, 4) is 0 Å². The number of aliphatic hydroxyl groups excluding tert-OH is 3. The normalized spacial score (nSPS) is 34.9. The zero-order valence-electron chi connectivity index (χ0n) is 21.4. The minimum absolute atomic E-state index is 0.523. The van der Waals surface area contributed by atoms with Crippen LogP contribution in [-0.4, -0.2) is 120 Å². The summed E-state index contributed by atoms with van der Waals surface area (Å²) < 4.78 is 37.7. The summed E-state index contributed by atoms with van der Waals surface area (Å²) in [6.45, 7) is 4.10. The van der Waals surface area contributed by atoms with E-state index in [1.165, 1.54) is 0 Å². The Morgan fingerprint density at radius 2 is 1.29 bits per heavy atom. The predicted molar refractivity (Wildman–Crippen MR) is 118 cm³/mol. The largest absolute Gasteiger partial charge is 0.463 e. The van der Waals surface area contributed by atoms with Gasteiger partial charge in [0, 0.05) is 34.6 Å². The topological polar surface area (TPSA) is 223 Å². The molecule has 10 atom stereocenters. The Morgan fingerprint density at radius 3 is 1.79 bits per heavy atom. The second-order valence-electron chi connectivity index (χ2n) is 8.63. The van der Waals surface area contributed by atoms with Gasteiger partial charge in [-0.2, -0.15) is 0 Å². The van der Waals surface area contributed by atoms with Gasteiger partial charge in [-0.15, -0.1) is 0 Å². The fourth-order valence-electron chi connectivity index (χ4n) is 4.09. The molecule has 0 aromatic heterocycles. The number of carbonyl (C=O) groups is 5. The number of rotatable bonds is 9. The average Bonchev–Trinajstić information content (AvgIpc) is 2.79. The third kappa shape index (κ3) is 8.31. The van der Waals surface area contributed by atoms with Crippen LogP contribution in [0.15, 0.2) is 0 Å². The Balaban J connectivity index is 2.54. The number of aliphatic hydroxyl groups is 3. The smallest absolute Gasteiger partial charge is 0.303 e. The molecule has 16 heteroatoms. The maximum absolute atomic E-state index is 12.0. The van der Waals surface area contributed by atoms with Crippen LogP contribution in [0.1, 0.15) is 34.6 Å². The summed E-state index contributed by atoms with van der Waals surface area (Å²) in [5.41, 5.74) is 0. The molecule has 0 spiro atoms. The fourth-order valence-corrected chi connectivity index (χ4v) is 4.09. The lowest BCUT2D eigenvalue weighted by Crippen LogP contribution is -2.68. The first kappa shape index (κ1) is 31.3. The van der Waals surface area contributed by atoms with E-state index >= 15 is 0 Å². The number of carbonyl (C=O) groups excluding carboxylic acids is 5. The minimum atomic E-state index is -1.75. The summed E-state index contributed by atoms with van der Waals surface area (Å²) in [5, 5.41) is 33.1. The van der Waals surface area contributed by atoms with Gasteiger partial charge in [-0.1, -0.05) is 0 Å². The molecule has 1 amide bonds. The first-order valence-corrected chi connectivity index (χ1v) is 11.6. The standard InChI is InChI=1S/C22H33NO15/c1-8(25)23-15-18(16(30)13(6-24)36-21(15)31)38-22-20(35-12(5)29)19(34-11(4)28)17(33-10(3)27)14(37-22)7-32-9(2)26/h13-22,24,30-31H,6-7H2,1-5H3,(H,23,25)/t13?,14?,15-,16-,17-,18?,19-,20+,21+,22-/m0/s1. The highest BCUT2D eigenvalue weighted by atomic mass is 16.7. The Bertz CT molecular complexity index is 881. The van der Waals surface area contributed by atoms with E-state index < -0.39 is 104 Å². The van der Waals surface area contributed by atoms with Gasteiger partial charge in [0.15, 0.2) is 30.9 Å². The van der Waals surface area contributed by atoms with Crippen molar-refractivity contribution in [1.82, 2.24) is 5.32 Å². The Hall–Kier alpha value is -2.89. The maximum atomic E-state index is 12.0. The van der Waals surface area contributed by atoms with Crippen LogP contribution in [0.25, 0.3) is 0 Å². The quantitative estimate of drug-likeness (QED) is 0.166. The molecule has 2 fully saturated rings. The van der Waals surface area contributed by atoms with Crippen molar-refractivity contribution >= 4 is 29.8 Å². The summed E-state index contributed by atoms with van der Waals surface area (Å²) in [5.74, 6) is -3.94. The molecule has 2 aliphatic heterocycles. The van der Waals surface area contributed by atoms with Crippen molar-refractivity contribution in [3.05, 3.63) is 0 Å². The van der Waals surface area contributed by atoms with Crippen molar-refractivity contribution in [3.63, 3.8) is 0 Å². The Kier molecular flexibility index (Phi) is 11.4. The number of ether oxygens (including phenoxy) is 7. The molecule has 4 N–H and O–H groups in total. The SMILES string of the molecule is CC(=O)N[C@H]1C(O[C@@H]2OC(COC(C)=O)[C@H](OC(C)=O)[C@H](OC(C)=O)[C@H]2OC(C)=O)[C@@H](O)C(CO)O[C@H]1O. The molecule has 3 unspecified atom stereocenters. The molecule has 0 aliphatic carbocycles. The summed E-state index contributed by atoms with van der Waals surface area (Å²) in [6, 6.07) is -1.41. The van der Waals surface area contributed by atoms with Crippen molar-refractivity contribution in [2.75, 3.05) is 13.2 Å². The van der Waals surface area contributed by atoms with E-state index in [2.05, 4.69) is 5.32 Å². The van der Waals surface area contributed by atoms with Crippen LogP contribution in [-0.2, 0) is 57.1 Å². The average molecular weight is 551 g/mol. The summed E-state index contributed by atoms with van der Waals surface area (Å²) in [4.78, 5) is 59.0. The monoisotopic (exact) mass is 551 g/mol. The highest BCUT2D eigenvalue weighted by Gasteiger charge is 2.55. The lowest BCUT2D eigenvalue weighted by molar-refractivity contribution is -0.343. The van der Waals surface area contributed by atoms with E-state index in [4.69, 9.17) is 33.2 Å². The van der Waals surface area contributed by atoms with Crippen molar-refractivity contribution < 1.29 is 72.5 Å². The Morgan fingerprint density at radius 1 is 0.737 bits per heavy atom. The van der Waals surface area contributed by atoms with E-state index in [0.29, 0.717) is 0 Å². The van der Waals surface area contributed by atoms with E-state index in [1.807, 2.05) is 0 Å². The van der Waals surface area contributed by atoms with E-state index in [9.17, 15) is 39.3 Å². The zero-order chi connectivity index (χ0) is 28.7. The second-order valence-corrected chi connectivity index (χ2v) is 8.63. The molecule has 0 bridgehead atoms. The van der Waals surface area contributed by atoms with E-state index in [1.54, 1.807) is 0 Å². The number of esters is 4. The number of amides is 1. The molecule has 0 aromatic carbocycles. The van der Waals surface area contributed by atoms with Crippen LogP contribution in [0, 0.1) is 0 Å². The van der Waals surface area contributed by atoms with E-state index in [0.717, 1.165) is 34.6 Å². The highest BCUT2D eigenvalue weighted by Crippen LogP contribution is 2.33. The van der Waals surface area contributed by atoms with Crippen LogP contribution >= 0.6 is 0 Å². The fraction of sp³-hybridized carbons (Fsp3) is 0.773. The summed E-state index contributed by atoms with van der Waals surface area (Å²) in [7, 11) is 0. The van der Waals surface area contributed by atoms with Crippen LogP contribution in [0.4, 0.5) is 0 Å². The molecular formula is C22H33NO15. The van der Waals surface area contributed by atoms with Gasteiger partial charge in [0.25, 0.3) is 0 Å². The first-order chi connectivity index (χ1) is 17.7. The number of hydrogen-bond acceptors (Lipinski definition) is 15. The van der Waals surface area contributed by atoms with Crippen molar-refractivity contribution in [2.24, 2.45) is 0 Å². The molecule has 2 saturated heterocycles. The second kappa shape index (κ2) is 13.8. The molecule has 0 saturated carbocycles. The van der Waals surface area contributed by atoms with Crippen LogP contribution in [0.5, 0.6) is 0 Å². The van der Waals surface area contributed by atoms with Gasteiger partial charge in [0.05, 0.1) is 6.61 Å². The molecule has 2 aliphatic rings. The minimum Gasteiger partial charge on any atom is -0.463 e. The lowest BCUT2D eigenvalue weighted by Gasteiger charge is -2.48. The summed E-state index contributed by atoms with van der Waals surface area (Å²) in [6.07, 6.45) is -14.0. The number of hydrogen-bond donors (Lipinski definition) is 4. The van der Waals surface area contributed by atoms with Gasteiger partial charge in [-0.25, -0.2) is 0 Å². The molecule has 216 valence electrons.